The van der Waals surface area contributed by atoms with E-state index in [1.54, 1.807) is 6.07 Å². The molecule has 23 heavy (non-hydrogen) atoms. The molecule has 2 aromatic rings. The summed E-state index contributed by atoms with van der Waals surface area (Å²) < 4.78 is 50.5. The molecule has 0 bridgehead atoms. The Hall–Kier alpha value is -2.13. The molecule has 0 aliphatic rings. The Bertz CT molecular complexity index is 797. The highest BCUT2D eigenvalue weighted by molar-refractivity contribution is 8.00. The number of para-hydroxylation sites is 1. The summed E-state index contributed by atoms with van der Waals surface area (Å²) in [4.78, 5) is 10.6. The lowest BCUT2D eigenvalue weighted by Crippen LogP contribution is -2.45. The van der Waals surface area contributed by atoms with Crippen molar-refractivity contribution in [1.82, 2.24) is 0 Å². The number of amides is 1. The maximum atomic E-state index is 12.6. The van der Waals surface area contributed by atoms with Crippen molar-refractivity contribution in [3.63, 3.8) is 0 Å². The minimum Gasteiger partial charge on any atom is -0.529 e. The Morgan fingerprint density at radius 2 is 1.61 bits per heavy atom. The van der Waals surface area contributed by atoms with Gasteiger partial charge in [0, 0.05) is 4.90 Å². The zero-order valence-electron chi connectivity index (χ0n) is 11.4. The minimum atomic E-state index is -4.61. The number of benzene rings is 2. The van der Waals surface area contributed by atoms with Gasteiger partial charge in [-0.05, 0) is 24.3 Å². The third-order valence-electron chi connectivity index (χ3n) is 2.74. The molecule has 0 saturated carbocycles. The Morgan fingerprint density at radius 1 is 1.04 bits per heavy atom. The zero-order chi connectivity index (χ0) is 17.0. The zero-order valence-corrected chi connectivity index (χ0v) is 13.1. The van der Waals surface area contributed by atoms with E-state index in [0.717, 1.165) is 6.07 Å². The normalized spacial score (nSPS) is 11.4. The predicted octanol–water partition coefficient (Wildman–Crippen LogP) is 2.54. The van der Waals surface area contributed by atoms with Crippen molar-refractivity contribution in [2.24, 2.45) is 0 Å². The van der Waals surface area contributed by atoms with Crippen molar-refractivity contribution in [3.8, 4) is 0 Å². The molecule has 2 rings (SSSR count). The second-order valence-corrected chi connectivity index (χ2v) is 6.98. The van der Waals surface area contributed by atoms with Crippen LogP contribution in [0.5, 0.6) is 0 Å². The van der Waals surface area contributed by atoms with Crippen LogP contribution in [0, 0.1) is 0 Å². The van der Waals surface area contributed by atoms with Crippen LogP contribution < -0.4 is 9.41 Å². The fraction of sp³-hybridized carbons (Fsp3) is 0.0714. The summed E-state index contributed by atoms with van der Waals surface area (Å²) in [5.41, 5.74) is -0.163. The summed E-state index contributed by atoms with van der Waals surface area (Å²) in [6.45, 7) is 0. The Labute approximate surface area is 135 Å². The van der Waals surface area contributed by atoms with Gasteiger partial charge in [-0.2, -0.15) is 8.78 Å². The fourth-order valence-electron chi connectivity index (χ4n) is 1.86. The second-order valence-electron chi connectivity index (χ2n) is 4.20. The molecular weight excluding hydrogens is 348 g/mol. The summed E-state index contributed by atoms with van der Waals surface area (Å²) in [6.07, 6.45) is -1.98. The molecule has 0 N–H and O–H groups in total. The van der Waals surface area contributed by atoms with Crippen LogP contribution in [0.3, 0.4) is 0 Å². The molecule has 0 spiro atoms. The molecule has 122 valence electrons. The van der Waals surface area contributed by atoms with Crippen molar-refractivity contribution in [3.05, 3.63) is 54.6 Å². The van der Waals surface area contributed by atoms with Crippen molar-refractivity contribution >= 4 is 33.6 Å². The van der Waals surface area contributed by atoms with E-state index in [4.69, 9.17) is 0 Å². The van der Waals surface area contributed by atoms with E-state index in [-0.39, 0.29) is 26.6 Å². The number of halogens is 2. The van der Waals surface area contributed by atoms with E-state index in [1.807, 2.05) is 0 Å². The molecule has 1 amide bonds. The average molecular weight is 358 g/mol. The quantitative estimate of drug-likeness (QED) is 0.768. The van der Waals surface area contributed by atoms with Gasteiger partial charge in [-0.25, -0.2) is 12.7 Å². The molecule has 9 heteroatoms. The lowest BCUT2D eigenvalue weighted by molar-refractivity contribution is -0.244. The molecule has 0 fully saturated rings. The predicted molar refractivity (Wildman–Crippen MR) is 79.8 cm³/mol. The molecular formula is C14H10F2NO4S2-. The minimum absolute atomic E-state index is 0.0237. The number of hydrogen-bond acceptors (Lipinski definition) is 5. The van der Waals surface area contributed by atoms with Gasteiger partial charge in [0.25, 0.3) is 15.8 Å². The average Bonchev–Trinajstić information content (AvgIpc) is 2.47. The number of carbonyl (C=O) groups excluding carboxylic acids is 1. The smallest absolute Gasteiger partial charge is 0.288 e. The van der Waals surface area contributed by atoms with E-state index in [1.165, 1.54) is 42.5 Å². The van der Waals surface area contributed by atoms with Gasteiger partial charge in [0.1, 0.15) is 4.90 Å². The van der Waals surface area contributed by atoms with Crippen molar-refractivity contribution in [2.45, 2.75) is 15.5 Å². The molecule has 5 nitrogen and oxygen atoms in total. The molecule has 0 aliphatic heterocycles. The number of carbonyl (C=O) groups is 1. The lowest BCUT2D eigenvalue weighted by atomic mass is 10.3. The van der Waals surface area contributed by atoms with Gasteiger partial charge < -0.3 is 9.90 Å². The van der Waals surface area contributed by atoms with E-state index >= 15 is 0 Å². The van der Waals surface area contributed by atoms with Crippen LogP contribution in [0.15, 0.2) is 64.4 Å². The highest BCUT2D eigenvalue weighted by Gasteiger charge is 2.29. The lowest BCUT2D eigenvalue weighted by Gasteiger charge is -2.25. The van der Waals surface area contributed by atoms with Crippen LogP contribution in [-0.2, 0) is 10.0 Å². The molecule has 0 saturated heterocycles. The number of sulfonamides is 1. The van der Waals surface area contributed by atoms with Gasteiger partial charge in [-0.15, -0.1) is 0 Å². The van der Waals surface area contributed by atoms with E-state index in [9.17, 15) is 27.1 Å². The standard InChI is InChI=1S/C14H11F2NO4S2/c15-13(16)22-11-8-4-5-9-12(11)23(20,21)17(14(18)19)10-6-2-1-3-7-10/h1-9,13H,(H,18,19)/p-1. The molecule has 0 aliphatic carbocycles. The number of hydrogen-bond donors (Lipinski definition) is 0. The topological polar surface area (TPSA) is 77.5 Å². The maximum Gasteiger partial charge on any atom is 0.288 e. The van der Waals surface area contributed by atoms with Crippen LogP contribution in [0.4, 0.5) is 19.3 Å². The highest BCUT2D eigenvalue weighted by Crippen LogP contribution is 2.33. The van der Waals surface area contributed by atoms with Gasteiger partial charge in [0.15, 0.2) is 6.09 Å². The number of rotatable bonds is 5. The van der Waals surface area contributed by atoms with E-state index in [2.05, 4.69) is 0 Å². The van der Waals surface area contributed by atoms with E-state index in [0.29, 0.717) is 0 Å². The summed E-state index contributed by atoms with van der Waals surface area (Å²) in [6, 6.07) is 11.9. The van der Waals surface area contributed by atoms with Crippen LogP contribution in [0.1, 0.15) is 0 Å². The summed E-state index contributed by atoms with van der Waals surface area (Å²) in [5.74, 6) is -2.85. The van der Waals surface area contributed by atoms with Crippen molar-refractivity contribution < 1.29 is 27.1 Å². The Balaban J connectivity index is 2.58. The number of anilines is 1. The van der Waals surface area contributed by atoms with Gasteiger partial charge >= 0.3 is 0 Å². The number of carboxylic acid groups (broad SMARTS) is 1. The number of nitrogens with zero attached hydrogens (tertiary/aromatic N) is 1. The number of alkyl halides is 2. The van der Waals surface area contributed by atoms with Gasteiger partial charge in [-0.1, -0.05) is 42.1 Å². The molecule has 0 atom stereocenters. The largest absolute Gasteiger partial charge is 0.529 e. The van der Waals surface area contributed by atoms with E-state index < -0.39 is 26.8 Å². The second kappa shape index (κ2) is 6.97. The van der Waals surface area contributed by atoms with Gasteiger partial charge in [-0.3, -0.25) is 0 Å². The summed E-state index contributed by atoms with van der Waals surface area (Å²) in [5, 5.41) is 11.3. The van der Waals surface area contributed by atoms with Crippen molar-refractivity contribution in [1.29, 1.82) is 0 Å². The summed E-state index contributed by atoms with van der Waals surface area (Å²) >= 11 is 0.0237. The van der Waals surface area contributed by atoms with Gasteiger partial charge in [0.05, 0.1) is 5.69 Å². The molecule has 2 aromatic carbocycles. The molecule has 0 heterocycles. The summed E-state index contributed by atoms with van der Waals surface area (Å²) in [7, 11) is -4.61. The van der Waals surface area contributed by atoms with Crippen LogP contribution in [-0.4, -0.2) is 20.3 Å². The fourth-order valence-corrected chi connectivity index (χ4v) is 4.22. The first-order chi connectivity index (χ1) is 10.8. The number of thioether (sulfide) groups is 1. The first-order valence-electron chi connectivity index (χ1n) is 6.19. The third-order valence-corrected chi connectivity index (χ3v) is 5.41. The molecule has 0 radical (unpaired) electrons. The van der Waals surface area contributed by atoms with Crippen LogP contribution in [0.2, 0.25) is 0 Å². The molecule has 0 aromatic heterocycles. The first-order valence-corrected chi connectivity index (χ1v) is 8.51. The Morgan fingerprint density at radius 3 is 2.17 bits per heavy atom. The Kier molecular flexibility index (Phi) is 5.22. The van der Waals surface area contributed by atoms with Crippen LogP contribution >= 0.6 is 11.8 Å². The van der Waals surface area contributed by atoms with Crippen molar-refractivity contribution in [2.75, 3.05) is 4.31 Å². The first kappa shape index (κ1) is 17.2. The van der Waals surface area contributed by atoms with Crippen LogP contribution in [0.25, 0.3) is 0 Å². The molecule has 0 unspecified atom stereocenters. The SMILES string of the molecule is O=C([O-])N(c1ccccc1)S(=O)(=O)c1ccccc1SC(F)F. The third kappa shape index (κ3) is 3.80. The highest BCUT2D eigenvalue weighted by atomic mass is 32.2. The van der Waals surface area contributed by atoms with Gasteiger partial charge in [0.2, 0.25) is 0 Å². The maximum absolute atomic E-state index is 12.6. The monoisotopic (exact) mass is 358 g/mol.